The molecule has 2 atom stereocenters. The monoisotopic (exact) mass is 196 g/mol. The summed E-state index contributed by atoms with van der Waals surface area (Å²) in [7, 11) is 0. The highest BCUT2D eigenvalue weighted by molar-refractivity contribution is 4.96. The molecule has 0 aromatic heterocycles. The predicted molar refractivity (Wildman–Crippen MR) is 59.1 cm³/mol. The van der Waals surface area contributed by atoms with E-state index >= 15 is 0 Å². The zero-order chi connectivity index (χ0) is 9.80. The SMILES string of the molecule is OCCCCCCC[C@@H]1C[C@H]1C1CC1. The van der Waals surface area contributed by atoms with Crippen LogP contribution in [0, 0.1) is 17.8 Å². The smallest absolute Gasteiger partial charge is 0.0431 e. The highest BCUT2D eigenvalue weighted by Crippen LogP contribution is 2.56. The number of rotatable bonds is 8. The summed E-state index contributed by atoms with van der Waals surface area (Å²) in [6.07, 6.45) is 12.5. The van der Waals surface area contributed by atoms with Crippen LogP contribution in [0.25, 0.3) is 0 Å². The van der Waals surface area contributed by atoms with Crippen LogP contribution >= 0.6 is 0 Å². The van der Waals surface area contributed by atoms with Crippen LogP contribution in [0.5, 0.6) is 0 Å². The summed E-state index contributed by atoms with van der Waals surface area (Å²) >= 11 is 0. The van der Waals surface area contributed by atoms with Crippen LogP contribution in [-0.4, -0.2) is 11.7 Å². The second-order valence-electron chi connectivity index (χ2n) is 5.28. The molecule has 0 spiro atoms. The van der Waals surface area contributed by atoms with Gasteiger partial charge in [0.05, 0.1) is 0 Å². The van der Waals surface area contributed by atoms with Gasteiger partial charge in [0.1, 0.15) is 0 Å². The molecule has 1 heteroatoms. The molecule has 0 heterocycles. The van der Waals surface area contributed by atoms with Crippen molar-refractivity contribution in [2.75, 3.05) is 6.61 Å². The Morgan fingerprint density at radius 2 is 1.64 bits per heavy atom. The Morgan fingerprint density at radius 1 is 0.929 bits per heavy atom. The first-order valence-electron chi connectivity index (χ1n) is 6.52. The first-order valence-corrected chi connectivity index (χ1v) is 6.52. The first-order chi connectivity index (χ1) is 6.92. The number of hydrogen-bond donors (Lipinski definition) is 1. The quantitative estimate of drug-likeness (QED) is 0.590. The van der Waals surface area contributed by atoms with Crippen molar-refractivity contribution in [3.8, 4) is 0 Å². The van der Waals surface area contributed by atoms with Gasteiger partial charge in [0.2, 0.25) is 0 Å². The molecule has 82 valence electrons. The first kappa shape index (κ1) is 10.5. The maximum Gasteiger partial charge on any atom is 0.0431 e. The lowest BCUT2D eigenvalue weighted by Crippen LogP contribution is -1.87. The third kappa shape index (κ3) is 3.27. The van der Waals surface area contributed by atoms with Gasteiger partial charge in [-0.3, -0.25) is 0 Å². The molecule has 0 unspecified atom stereocenters. The molecule has 1 N–H and O–H groups in total. The molecule has 0 bridgehead atoms. The maximum absolute atomic E-state index is 8.62. The fourth-order valence-electron chi connectivity index (χ4n) is 2.75. The molecule has 2 aliphatic carbocycles. The summed E-state index contributed by atoms with van der Waals surface area (Å²) in [5.41, 5.74) is 0. The van der Waals surface area contributed by atoms with Gasteiger partial charge in [0.15, 0.2) is 0 Å². The Balaban J connectivity index is 1.37. The Morgan fingerprint density at radius 3 is 2.36 bits per heavy atom. The van der Waals surface area contributed by atoms with Gasteiger partial charge < -0.3 is 5.11 Å². The molecule has 0 aromatic carbocycles. The van der Waals surface area contributed by atoms with Crippen LogP contribution in [0.2, 0.25) is 0 Å². The van der Waals surface area contributed by atoms with Crippen LogP contribution in [0.1, 0.15) is 57.8 Å². The van der Waals surface area contributed by atoms with Gasteiger partial charge in [-0.05, 0) is 43.4 Å². The van der Waals surface area contributed by atoms with E-state index in [2.05, 4.69) is 0 Å². The number of unbranched alkanes of at least 4 members (excludes halogenated alkanes) is 4. The van der Waals surface area contributed by atoms with Crippen molar-refractivity contribution in [2.45, 2.75) is 57.8 Å². The Hall–Kier alpha value is -0.0400. The zero-order valence-electron chi connectivity index (χ0n) is 9.25. The van der Waals surface area contributed by atoms with Crippen LogP contribution in [0.15, 0.2) is 0 Å². The average molecular weight is 196 g/mol. The molecule has 0 radical (unpaired) electrons. The van der Waals surface area contributed by atoms with Crippen LogP contribution in [-0.2, 0) is 0 Å². The molecule has 0 aromatic rings. The van der Waals surface area contributed by atoms with Crippen molar-refractivity contribution in [3.63, 3.8) is 0 Å². The van der Waals surface area contributed by atoms with E-state index in [-0.39, 0.29) is 0 Å². The van der Waals surface area contributed by atoms with Crippen molar-refractivity contribution < 1.29 is 5.11 Å². The van der Waals surface area contributed by atoms with Gasteiger partial charge in [-0.25, -0.2) is 0 Å². The topological polar surface area (TPSA) is 20.2 Å². The van der Waals surface area contributed by atoms with Gasteiger partial charge in [-0.15, -0.1) is 0 Å². The lowest BCUT2D eigenvalue weighted by molar-refractivity contribution is 0.282. The van der Waals surface area contributed by atoms with Crippen molar-refractivity contribution in [1.29, 1.82) is 0 Å². The van der Waals surface area contributed by atoms with E-state index in [1.807, 2.05) is 0 Å². The second kappa shape index (κ2) is 5.16. The summed E-state index contributed by atoms with van der Waals surface area (Å²) in [6, 6.07) is 0. The molecular formula is C13H24O. The predicted octanol–water partition coefficient (Wildman–Crippen LogP) is 3.37. The third-order valence-corrected chi connectivity index (χ3v) is 3.94. The van der Waals surface area contributed by atoms with Crippen molar-refractivity contribution in [2.24, 2.45) is 17.8 Å². The summed E-state index contributed by atoms with van der Waals surface area (Å²) < 4.78 is 0. The Kier molecular flexibility index (Phi) is 3.86. The average Bonchev–Trinajstić information content (AvgIpc) is 3.01. The van der Waals surface area contributed by atoms with E-state index in [1.54, 1.807) is 6.42 Å². The molecule has 2 rings (SSSR count). The van der Waals surface area contributed by atoms with E-state index in [0.717, 1.165) is 24.2 Å². The van der Waals surface area contributed by atoms with E-state index in [4.69, 9.17) is 5.11 Å². The Bertz CT molecular complexity index is 163. The highest BCUT2D eigenvalue weighted by atomic mass is 16.2. The standard InChI is InChI=1S/C13H24O/c14-9-5-3-1-2-4-6-12-10-13(12)11-7-8-11/h11-14H,1-10H2/t12-,13+/m1/s1. The minimum absolute atomic E-state index is 0.381. The highest BCUT2D eigenvalue weighted by Gasteiger charge is 2.46. The van der Waals surface area contributed by atoms with Gasteiger partial charge in [0, 0.05) is 6.61 Å². The van der Waals surface area contributed by atoms with Crippen molar-refractivity contribution >= 4 is 0 Å². The van der Waals surface area contributed by atoms with Crippen molar-refractivity contribution in [1.82, 2.24) is 0 Å². The lowest BCUT2D eigenvalue weighted by atomic mass is 10.1. The van der Waals surface area contributed by atoms with E-state index in [9.17, 15) is 0 Å². The minimum Gasteiger partial charge on any atom is -0.396 e. The third-order valence-electron chi connectivity index (χ3n) is 3.94. The fraction of sp³-hybridized carbons (Fsp3) is 1.00. The minimum atomic E-state index is 0.381. The lowest BCUT2D eigenvalue weighted by Gasteiger charge is -2.00. The summed E-state index contributed by atoms with van der Waals surface area (Å²) in [5, 5.41) is 8.62. The van der Waals surface area contributed by atoms with Crippen molar-refractivity contribution in [3.05, 3.63) is 0 Å². The fourth-order valence-corrected chi connectivity index (χ4v) is 2.75. The number of hydrogen-bond acceptors (Lipinski definition) is 1. The van der Waals surface area contributed by atoms with Crippen LogP contribution < -0.4 is 0 Å². The molecule has 0 amide bonds. The summed E-state index contributed by atoms with van der Waals surface area (Å²) in [6.45, 7) is 0.381. The molecule has 0 aliphatic heterocycles. The summed E-state index contributed by atoms with van der Waals surface area (Å²) in [4.78, 5) is 0. The molecule has 14 heavy (non-hydrogen) atoms. The number of aliphatic hydroxyl groups excluding tert-OH is 1. The zero-order valence-corrected chi connectivity index (χ0v) is 9.25. The summed E-state index contributed by atoms with van der Waals surface area (Å²) in [5.74, 6) is 3.45. The molecule has 2 saturated carbocycles. The number of aliphatic hydroxyl groups is 1. The van der Waals surface area contributed by atoms with Gasteiger partial charge in [-0.2, -0.15) is 0 Å². The van der Waals surface area contributed by atoms with Gasteiger partial charge >= 0.3 is 0 Å². The normalized spacial score (nSPS) is 30.6. The molecule has 1 nitrogen and oxygen atoms in total. The van der Waals surface area contributed by atoms with E-state index in [1.165, 1.54) is 44.9 Å². The molecule has 2 fully saturated rings. The largest absolute Gasteiger partial charge is 0.396 e. The Labute approximate surface area is 87.9 Å². The maximum atomic E-state index is 8.62. The van der Waals surface area contributed by atoms with Crippen LogP contribution in [0.3, 0.4) is 0 Å². The second-order valence-corrected chi connectivity index (χ2v) is 5.28. The van der Waals surface area contributed by atoms with Crippen LogP contribution in [0.4, 0.5) is 0 Å². The van der Waals surface area contributed by atoms with E-state index in [0.29, 0.717) is 6.61 Å². The van der Waals surface area contributed by atoms with Gasteiger partial charge in [0.25, 0.3) is 0 Å². The molecule has 2 aliphatic rings. The molecular weight excluding hydrogens is 172 g/mol. The molecule has 0 saturated heterocycles. The van der Waals surface area contributed by atoms with Gasteiger partial charge in [-0.1, -0.05) is 32.1 Å². The van der Waals surface area contributed by atoms with E-state index < -0.39 is 0 Å².